The van der Waals surface area contributed by atoms with Gasteiger partial charge in [0.15, 0.2) is 5.11 Å². The first-order valence-electron chi connectivity index (χ1n) is 9.64. The van der Waals surface area contributed by atoms with Crippen molar-refractivity contribution in [2.75, 3.05) is 17.7 Å². The van der Waals surface area contributed by atoms with Gasteiger partial charge in [-0.25, -0.2) is 4.79 Å². The van der Waals surface area contributed by atoms with E-state index in [4.69, 9.17) is 17.0 Å². The van der Waals surface area contributed by atoms with Crippen LogP contribution in [0.2, 0.25) is 0 Å². The molecule has 3 aromatic rings. The lowest BCUT2D eigenvalue weighted by Crippen LogP contribution is -2.39. The maximum Gasteiger partial charge on any atom is 0.337 e. The number of carbonyl (C=O) groups is 2. The monoisotopic (exact) mass is 433 g/mol. The largest absolute Gasteiger partial charge is 0.465 e. The predicted molar refractivity (Wildman–Crippen MR) is 126 cm³/mol. The Kier molecular flexibility index (Phi) is 7.35. The smallest absolute Gasteiger partial charge is 0.337 e. The number of amides is 1. The number of rotatable bonds is 6. The van der Waals surface area contributed by atoms with E-state index in [1.54, 1.807) is 24.3 Å². The van der Waals surface area contributed by atoms with E-state index in [2.05, 4.69) is 16.0 Å². The highest BCUT2D eigenvalue weighted by Gasteiger charge is 2.21. The third kappa shape index (κ3) is 6.13. The number of ether oxygens (including phenoxy) is 1. The minimum Gasteiger partial charge on any atom is -0.465 e. The Morgan fingerprint density at radius 3 is 2.23 bits per heavy atom. The summed E-state index contributed by atoms with van der Waals surface area (Å²) in [5, 5.41) is 9.34. The second-order valence-electron chi connectivity index (χ2n) is 6.87. The number of esters is 1. The van der Waals surface area contributed by atoms with Gasteiger partial charge in [0.05, 0.1) is 12.7 Å². The van der Waals surface area contributed by atoms with Gasteiger partial charge in [0.2, 0.25) is 0 Å². The van der Waals surface area contributed by atoms with Gasteiger partial charge >= 0.3 is 5.97 Å². The minimum atomic E-state index is -0.698. The summed E-state index contributed by atoms with van der Waals surface area (Å²) in [6.07, 6.45) is 0. The minimum absolute atomic E-state index is 0.234. The van der Waals surface area contributed by atoms with Gasteiger partial charge in [-0.15, -0.1) is 0 Å². The lowest BCUT2D eigenvalue weighted by Gasteiger charge is -2.21. The maximum absolute atomic E-state index is 13.1. The van der Waals surface area contributed by atoms with Crippen LogP contribution in [0.3, 0.4) is 0 Å². The van der Waals surface area contributed by atoms with E-state index in [1.807, 2.05) is 61.5 Å². The van der Waals surface area contributed by atoms with Crippen LogP contribution >= 0.6 is 12.2 Å². The number of aryl methyl sites for hydroxylation is 1. The molecule has 3 rings (SSSR count). The molecular weight excluding hydrogens is 410 g/mol. The first-order valence-corrected chi connectivity index (χ1v) is 10.1. The molecule has 0 spiro atoms. The van der Waals surface area contributed by atoms with Crippen LogP contribution in [0.25, 0.3) is 0 Å². The average Bonchev–Trinajstić information content (AvgIpc) is 2.78. The van der Waals surface area contributed by atoms with Crippen LogP contribution in [0.5, 0.6) is 0 Å². The number of benzene rings is 3. The highest BCUT2D eigenvalue weighted by atomic mass is 32.1. The van der Waals surface area contributed by atoms with Crippen molar-refractivity contribution in [2.24, 2.45) is 0 Å². The second-order valence-corrected chi connectivity index (χ2v) is 7.28. The number of nitrogens with one attached hydrogen (secondary N) is 3. The molecule has 0 saturated heterocycles. The zero-order valence-corrected chi connectivity index (χ0v) is 18.0. The van der Waals surface area contributed by atoms with Crippen LogP contribution < -0.4 is 16.0 Å². The van der Waals surface area contributed by atoms with Crippen LogP contribution in [0.15, 0.2) is 78.9 Å². The molecule has 158 valence electrons. The van der Waals surface area contributed by atoms with E-state index < -0.39 is 12.0 Å². The summed E-state index contributed by atoms with van der Waals surface area (Å²) in [5.41, 5.74) is 3.65. The van der Waals surface area contributed by atoms with E-state index in [1.165, 1.54) is 7.11 Å². The van der Waals surface area contributed by atoms with Gasteiger partial charge in [-0.3, -0.25) is 4.79 Å². The molecule has 0 fully saturated rings. The van der Waals surface area contributed by atoms with E-state index in [0.29, 0.717) is 16.9 Å². The molecule has 0 saturated carbocycles. The van der Waals surface area contributed by atoms with Crippen LogP contribution in [0.1, 0.15) is 27.5 Å². The molecule has 6 nitrogen and oxygen atoms in total. The quantitative estimate of drug-likeness (QED) is 0.394. The lowest BCUT2D eigenvalue weighted by molar-refractivity contribution is -0.117. The maximum atomic E-state index is 13.1. The summed E-state index contributed by atoms with van der Waals surface area (Å²) in [5.74, 6) is -0.647. The number of carbonyl (C=O) groups excluding carboxylic acids is 2. The Hall–Kier alpha value is -3.71. The fourth-order valence-electron chi connectivity index (χ4n) is 2.99. The Labute approximate surface area is 186 Å². The predicted octanol–water partition coefficient (Wildman–Crippen LogP) is 4.45. The summed E-state index contributed by atoms with van der Waals surface area (Å²) in [7, 11) is 1.33. The molecule has 7 heteroatoms. The number of methoxy groups -OCH3 is 1. The van der Waals surface area contributed by atoms with Crippen molar-refractivity contribution in [3.05, 3.63) is 95.6 Å². The van der Waals surface area contributed by atoms with Crippen LogP contribution in [0, 0.1) is 6.92 Å². The zero-order chi connectivity index (χ0) is 22.2. The number of anilines is 2. The summed E-state index contributed by atoms with van der Waals surface area (Å²) in [6.45, 7) is 1.97. The molecule has 0 radical (unpaired) electrons. The van der Waals surface area contributed by atoms with Gasteiger partial charge in [0.25, 0.3) is 5.91 Å². The zero-order valence-electron chi connectivity index (χ0n) is 17.2. The van der Waals surface area contributed by atoms with Crippen molar-refractivity contribution >= 4 is 40.6 Å². The molecule has 31 heavy (non-hydrogen) atoms. The summed E-state index contributed by atoms with van der Waals surface area (Å²) in [4.78, 5) is 24.6. The van der Waals surface area contributed by atoms with Crippen LogP contribution in [-0.2, 0) is 9.53 Å². The molecule has 0 aliphatic heterocycles. The second kappa shape index (κ2) is 10.4. The molecule has 0 heterocycles. The van der Waals surface area contributed by atoms with Crippen molar-refractivity contribution in [3.8, 4) is 0 Å². The Bertz CT molecular complexity index is 1070. The number of hydrogen-bond acceptors (Lipinski definition) is 4. The van der Waals surface area contributed by atoms with Crippen LogP contribution in [-0.4, -0.2) is 24.1 Å². The Morgan fingerprint density at radius 2 is 1.58 bits per heavy atom. The van der Waals surface area contributed by atoms with Crippen molar-refractivity contribution in [1.82, 2.24) is 5.32 Å². The molecule has 1 atom stereocenters. The van der Waals surface area contributed by atoms with E-state index >= 15 is 0 Å². The van der Waals surface area contributed by atoms with Gasteiger partial charge < -0.3 is 20.7 Å². The number of thiocarbonyl (C=S) groups is 1. The molecule has 0 aromatic heterocycles. The molecule has 1 amide bonds. The fourth-order valence-corrected chi connectivity index (χ4v) is 3.22. The standard InChI is InChI=1S/C24H23N3O3S/c1-16-7-6-10-20(15-16)25-22(28)21(17-8-4-3-5-9-17)27-24(31)26-19-13-11-18(12-14-19)23(29)30-2/h3-15,21H,1-2H3,(H,25,28)(H2,26,27,31). The molecule has 0 aliphatic rings. The van der Waals surface area contributed by atoms with Gasteiger partial charge in [-0.1, -0.05) is 42.5 Å². The molecular formula is C24H23N3O3S. The average molecular weight is 434 g/mol. The Morgan fingerprint density at radius 1 is 0.871 bits per heavy atom. The van der Waals surface area contributed by atoms with Gasteiger partial charge in [0.1, 0.15) is 6.04 Å². The first-order chi connectivity index (χ1) is 15.0. The van der Waals surface area contributed by atoms with Crippen molar-refractivity contribution in [3.63, 3.8) is 0 Å². The highest BCUT2D eigenvalue weighted by molar-refractivity contribution is 7.80. The van der Waals surface area contributed by atoms with E-state index in [-0.39, 0.29) is 11.0 Å². The molecule has 0 bridgehead atoms. The van der Waals surface area contributed by atoms with Crippen molar-refractivity contribution in [2.45, 2.75) is 13.0 Å². The molecule has 0 aliphatic carbocycles. The van der Waals surface area contributed by atoms with Gasteiger partial charge in [-0.05, 0) is 66.7 Å². The number of hydrogen-bond donors (Lipinski definition) is 3. The molecule has 3 aromatic carbocycles. The first kappa shape index (κ1) is 22.0. The van der Waals surface area contributed by atoms with E-state index in [0.717, 1.165) is 11.1 Å². The highest BCUT2D eigenvalue weighted by Crippen LogP contribution is 2.18. The van der Waals surface area contributed by atoms with E-state index in [9.17, 15) is 9.59 Å². The normalized spacial score (nSPS) is 11.2. The fraction of sp³-hybridized carbons (Fsp3) is 0.125. The summed E-state index contributed by atoms with van der Waals surface area (Å²) >= 11 is 5.43. The SMILES string of the molecule is COC(=O)c1ccc(NC(=S)NC(C(=O)Nc2cccc(C)c2)c2ccccc2)cc1. The van der Waals surface area contributed by atoms with Crippen LogP contribution in [0.4, 0.5) is 11.4 Å². The lowest BCUT2D eigenvalue weighted by atomic mass is 10.1. The Balaban J connectivity index is 1.73. The third-order valence-corrected chi connectivity index (χ3v) is 4.74. The van der Waals surface area contributed by atoms with Crippen molar-refractivity contribution in [1.29, 1.82) is 0 Å². The van der Waals surface area contributed by atoms with Gasteiger partial charge in [-0.2, -0.15) is 0 Å². The third-order valence-electron chi connectivity index (χ3n) is 4.52. The van der Waals surface area contributed by atoms with Gasteiger partial charge in [0, 0.05) is 11.4 Å². The molecule has 3 N–H and O–H groups in total. The summed E-state index contributed by atoms with van der Waals surface area (Å²) in [6, 6.07) is 22.9. The molecule has 1 unspecified atom stereocenters. The van der Waals surface area contributed by atoms with Crippen molar-refractivity contribution < 1.29 is 14.3 Å². The topological polar surface area (TPSA) is 79.5 Å². The summed E-state index contributed by atoms with van der Waals surface area (Å²) < 4.78 is 4.70.